The van der Waals surface area contributed by atoms with E-state index in [1.807, 2.05) is 0 Å². The normalized spacial score (nSPS) is 19.6. The number of rotatable bonds is 7. The Morgan fingerprint density at radius 2 is 1.87 bits per heavy atom. The fraction of sp³-hybridized carbons (Fsp3) is 1.00. The van der Waals surface area contributed by atoms with Crippen LogP contribution in [0.3, 0.4) is 0 Å². The van der Waals surface area contributed by atoms with Crippen LogP contribution in [0.25, 0.3) is 0 Å². The molecule has 0 saturated carbocycles. The number of unbranched alkanes of at least 4 members (excludes halogenated alkanes) is 2. The van der Waals surface area contributed by atoms with E-state index in [-0.39, 0.29) is 0 Å². The molecule has 90 valence electrons. The van der Waals surface area contributed by atoms with E-state index in [1.54, 1.807) is 0 Å². The van der Waals surface area contributed by atoms with Crippen molar-refractivity contribution in [2.45, 2.75) is 46.0 Å². The molecule has 1 heterocycles. The highest BCUT2D eigenvalue weighted by molar-refractivity contribution is 4.68. The van der Waals surface area contributed by atoms with E-state index in [9.17, 15) is 0 Å². The van der Waals surface area contributed by atoms with Gasteiger partial charge in [-0.2, -0.15) is 0 Å². The number of ether oxygens (including phenoxy) is 1. The fourth-order valence-corrected chi connectivity index (χ4v) is 2.04. The molecule has 2 nitrogen and oxygen atoms in total. The third-order valence-electron chi connectivity index (χ3n) is 3.32. The maximum Gasteiger partial charge on any atom is 0.0593 e. The van der Waals surface area contributed by atoms with Crippen LogP contribution >= 0.6 is 0 Å². The molecular formula is C13H27NO. The van der Waals surface area contributed by atoms with Crippen LogP contribution < -0.4 is 0 Å². The number of nitrogens with zero attached hydrogens (tertiary/aromatic N) is 1. The van der Waals surface area contributed by atoms with Crippen molar-refractivity contribution < 1.29 is 4.74 Å². The molecule has 1 aliphatic heterocycles. The van der Waals surface area contributed by atoms with E-state index in [2.05, 4.69) is 18.7 Å². The van der Waals surface area contributed by atoms with E-state index in [4.69, 9.17) is 4.74 Å². The van der Waals surface area contributed by atoms with Gasteiger partial charge in [-0.15, -0.1) is 0 Å². The van der Waals surface area contributed by atoms with Crippen molar-refractivity contribution in [3.05, 3.63) is 0 Å². The average Bonchev–Trinajstić information content (AvgIpc) is 2.26. The lowest BCUT2D eigenvalue weighted by molar-refractivity contribution is 0.0878. The maximum absolute atomic E-state index is 5.62. The van der Waals surface area contributed by atoms with Crippen molar-refractivity contribution in [2.75, 3.05) is 32.8 Å². The van der Waals surface area contributed by atoms with Crippen LogP contribution in [0.15, 0.2) is 0 Å². The summed E-state index contributed by atoms with van der Waals surface area (Å²) in [6.07, 6.45) is 6.56. The van der Waals surface area contributed by atoms with Crippen molar-refractivity contribution in [3.8, 4) is 0 Å². The molecule has 0 amide bonds. The summed E-state index contributed by atoms with van der Waals surface area (Å²) in [6, 6.07) is 0. The first kappa shape index (κ1) is 13.0. The van der Waals surface area contributed by atoms with Gasteiger partial charge in [0.05, 0.1) is 6.61 Å². The number of likely N-dealkylation sites (tertiary alicyclic amines) is 1. The Morgan fingerprint density at radius 1 is 1.13 bits per heavy atom. The molecule has 2 heteroatoms. The zero-order valence-corrected chi connectivity index (χ0v) is 10.5. The van der Waals surface area contributed by atoms with Gasteiger partial charge in [-0.05, 0) is 38.3 Å². The molecule has 1 fully saturated rings. The highest BCUT2D eigenvalue weighted by atomic mass is 16.5. The zero-order valence-electron chi connectivity index (χ0n) is 10.5. The lowest BCUT2D eigenvalue weighted by atomic mass is 9.99. The minimum absolute atomic E-state index is 0.929. The summed E-state index contributed by atoms with van der Waals surface area (Å²) in [6.45, 7) is 10.2. The highest BCUT2D eigenvalue weighted by Crippen LogP contribution is 2.15. The Balaban J connectivity index is 1.87. The van der Waals surface area contributed by atoms with Crippen LogP contribution in [0.5, 0.6) is 0 Å². The van der Waals surface area contributed by atoms with Gasteiger partial charge in [0.15, 0.2) is 0 Å². The van der Waals surface area contributed by atoms with Crippen LogP contribution in [-0.4, -0.2) is 37.7 Å². The number of piperidine rings is 1. The van der Waals surface area contributed by atoms with Crippen LogP contribution in [0.2, 0.25) is 0 Å². The van der Waals surface area contributed by atoms with Crippen molar-refractivity contribution in [3.63, 3.8) is 0 Å². The predicted octanol–water partition coefficient (Wildman–Crippen LogP) is 2.93. The molecule has 0 radical (unpaired) electrons. The molecule has 0 aliphatic carbocycles. The maximum atomic E-state index is 5.62. The van der Waals surface area contributed by atoms with E-state index in [0.717, 1.165) is 25.7 Å². The predicted molar refractivity (Wildman–Crippen MR) is 65.2 cm³/mol. The molecule has 0 unspecified atom stereocenters. The van der Waals surface area contributed by atoms with Crippen LogP contribution in [0, 0.1) is 5.92 Å². The van der Waals surface area contributed by atoms with Gasteiger partial charge >= 0.3 is 0 Å². The van der Waals surface area contributed by atoms with Crippen LogP contribution in [0.1, 0.15) is 46.0 Å². The molecule has 15 heavy (non-hydrogen) atoms. The van der Waals surface area contributed by atoms with E-state index in [0.29, 0.717) is 0 Å². The molecule has 0 aromatic carbocycles. The van der Waals surface area contributed by atoms with Crippen LogP contribution in [-0.2, 0) is 4.74 Å². The lowest BCUT2D eigenvalue weighted by Crippen LogP contribution is -2.35. The second-order valence-electron chi connectivity index (χ2n) is 4.84. The van der Waals surface area contributed by atoms with Gasteiger partial charge in [0.2, 0.25) is 0 Å². The van der Waals surface area contributed by atoms with Crippen molar-refractivity contribution in [1.82, 2.24) is 4.90 Å². The van der Waals surface area contributed by atoms with Crippen molar-refractivity contribution in [1.29, 1.82) is 0 Å². The third-order valence-corrected chi connectivity index (χ3v) is 3.32. The summed E-state index contributed by atoms with van der Waals surface area (Å²) in [5, 5.41) is 0. The van der Waals surface area contributed by atoms with Gasteiger partial charge in [0.25, 0.3) is 0 Å². The summed E-state index contributed by atoms with van der Waals surface area (Å²) >= 11 is 0. The monoisotopic (exact) mass is 213 g/mol. The summed E-state index contributed by atoms with van der Waals surface area (Å²) in [4.78, 5) is 2.54. The first-order valence-electron chi connectivity index (χ1n) is 6.63. The summed E-state index contributed by atoms with van der Waals surface area (Å²) in [7, 11) is 0. The molecule has 0 atom stereocenters. The molecule has 0 spiro atoms. The van der Waals surface area contributed by atoms with Gasteiger partial charge in [-0.1, -0.05) is 26.7 Å². The summed E-state index contributed by atoms with van der Waals surface area (Å²) in [5.41, 5.74) is 0. The second-order valence-corrected chi connectivity index (χ2v) is 4.84. The van der Waals surface area contributed by atoms with Gasteiger partial charge in [0.1, 0.15) is 0 Å². The van der Waals surface area contributed by atoms with Crippen LogP contribution in [0.4, 0.5) is 0 Å². The van der Waals surface area contributed by atoms with Gasteiger partial charge in [0, 0.05) is 13.2 Å². The van der Waals surface area contributed by atoms with Gasteiger partial charge in [-0.25, -0.2) is 0 Å². The molecule has 1 aliphatic rings. The Labute approximate surface area is 95.0 Å². The van der Waals surface area contributed by atoms with Gasteiger partial charge < -0.3 is 9.64 Å². The topological polar surface area (TPSA) is 12.5 Å². The van der Waals surface area contributed by atoms with Crippen molar-refractivity contribution in [2.24, 2.45) is 5.92 Å². The first-order chi connectivity index (χ1) is 7.33. The number of hydrogen-bond acceptors (Lipinski definition) is 2. The first-order valence-corrected chi connectivity index (χ1v) is 6.63. The molecule has 1 saturated heterocycles. The molecule has 0 N–H and O–H groups in total. The highest BCUT2D eigenvalue weighted by Gasteiger charge is 2.14. The van der Waals surface area contributed by atoms with Crippen molar-refractivity contribution >= 4 is 0 Å². The molecular weight excluding hydrogens is 186 g/mol. The van der Waals surface area contributed by atoms with E-state index in [1.165, 1.54) is 45.2 Å². The minimum Gasteiger partial charge on any atom is -0.380 e. The number of hydrogen-bond donors (Lipinski definition) is 0. The van der Waals surface area contributed by atoms with E-state index >= 15 is 0 Å². The second kappa shape index (κ2) is 8.12. The standard InChI is InChI=1S/C13H27NO/c1-3-4-5-11-15-12-10-14-8-6-13(2)7-9-14/h13H,3-12H2,1-2H3. The molecule has 0 aromatic heterocycles. The smallest absolute Gasteiger partial charge is 0.0593 e. The molecule has 1 rings (SSSR count). The fourth-order valence-electron chi connectivity index (χ4n) is 2.04. The Bertz CT molecular complexity index is 141. The Kier molecular flexibility index (Phi) is 7.03. The van der Waals surface area contributed by atoms with Gasteiger partial charge in [-0.3, -0.25) is 0 Å². The quantitative estimate of drug-likeness (QED) is 0.603. The zero-order chi connectivity index (χ0) is 10.9. The molecule has 0 bridgehead atoms. The van der Waals surface area contributed by atoms with E-state index < -0.39 is 0 Å². The summed E-state index contributed by atoms with van der Waals surface area (Å²) in [5.74, 6) is 0.937. The Morgan fingerprint density at radius 3 is 2.53 bits per heavy atom. The third kappa shape index (κ3) is 6.16. The average molecular weight is 213 g/mol. The SMILES string of the molecule is CCCCCOCCN1CCC(C)CC1. The molecule has 0 aromatic rings. The Hall–Kier alpha value is -0.0800. The minimum atomic E-state index is 0.929. The largest absolute Gasteiger partial charge is 0.380 e. The summed E-state index contributed by atoms with van der Waals surface area (Å²) < 4.78 is 5.62. The lowest BCUT2D eigenvalue weighted by Gasteiger charge is -2.29.